The molecule has 26 heavy (non-hydrogen) atoms. The number of hydrogen-bond acceptors (Lipinski definition) is 6. The number of hydrogen-bond donors (Lipinski definition) is 3. The van der Waals surface area contributed by atoms with Crippen LogP contribution in [0.3, 0.4) is 0 Å². The fourth-order valence-electron chi connectivity index (χ4n) is 2.16. The molecule has 1 saturated heterocycles. The molecule has 1 amide bonds. The molecule has 2 heterocycles. The van der Waals surface area contributed by atoms with Crippen molar-refractivity contribution in [3.05, 3.63) is 11.4 Å². The number of unbranched alkanes of at least 4 members (excludes halogenated alkanes) is 1. The highest BCUT2D eigenvalue weighted by atomic mass is 19.4. The van der Waals surface area contributed by atoms with E-state index in [1.807, 2.05) is 11.8 Å². The Kier molecular flexibility index (Phi) is 8.45. The lowest BCUT2D eigenvalue weighted by Gasteiger charge is -2.26. The standard InChI is InChI=1S/C12H21N5O2.C2HF3O2/c1-10-11(12(19)16-7-4-13-5-8-16)14-15-17(10)6-2-3-9-18;3-2(4,5)1(6)7/h13,18H,2-9H2,1H3;(H,6,7). The van der Waals surface area contributed by atoms with Crippen LogP contribution in [-0.2, 0) is 11.3 Å². The molecule has 0 spiro atoms. The van der Waals surface area contributed by atoms with Crippen molar-refractivity contribution in [3.8, 4) is 0 Å². The third-order valence-corrected chi connectivity index (χ3v) is 3.61. The Hall–Kier alpha value is -2.21. The van der Waals surface area contributed by atoms with Gasteiger partial charge in [-0.05, 0) is 19.8 Å². The summed E-state index contributed by atoms with van der Waals surface area (Å²) in [6.07, 6.45) is -3.51. The molecular formula is C14H22F3N5O4. The summed E-state index contributed by atoms with van der Waals surface area (Å²) < 4.78 is 33.5. The highest BCUT2D eigenvalue weighted by Gasteiger charge is 2.38. The number of amides is 1. The van der Waals surface area contributed by atoms with Crippen LogP contribution in [0.25, 0.3) is 0 Å². The first-order chi connectivity index (χ1) is 12.2. The van der Waals surface area contributed by atoms with Gasteiger partial charge in [-0.1, -0.05) is 5.21 Å². The Morgan fingerprint density at radius 3 is 2.31 bits per heavy atom. The minimum atomic E-state index is -5.08. The van der Waals surface area contributed by atoms with Gasteiger partial charge in [-0.2, -0.15) is 13.2 Å². The quantitative estimate of drug-likeness (QED) is 0.616. The molecule has 0 saturated carbocycles. The zero-order valence-corrected chi connectivity index (χ0v) is 14.3. The minimum Gasteiger partial charge on any atom is -0.475 e. The number of nitrogens with zero attached hydrogens (tertiary/aromatic N) is 4. The largest absolute Gasteiger partial charge is 0.490 e. The van der Waals surface area contributed by atoms with E-state index in [9.17, 15) is 18.0 Å². The van der Waals surface area contributed by atoms with Gasteiger partial charge in [-0.3, -0.25) is 4.79 Å². The second-order valence-electron chi connectivity index (χ2n) is 5.52. The number of rotatable bonds is 5. The van der Waals surface area contributed by atoms with Crippen LogP contribution in [-0.4, -0.2) is 80.9 Å². The third kappa shape index (κ3) is 6.59. The highest BCUT2D eigenvalue weighted by Crippen LogP contribution is 2.13. The molecule has 1 fully saturated rings. The van der Waals surface area contributed by atoms with Gasteiger partial charge < -0.3 is 20.4 Å². The topological polar surface area (TPSA) is 121 Å². The summed E-state index contributed by atoms with van der Waals surface area (Å²) in [5, 5.41) is 27.1. The summed E-state index contributed by atoms with van der Waals surface area (Å²) in [6.45, 7) is 5.83. The number of aliphatic hydroxyl groups is 1. The van der Waals surface area contributed by atoms with Crippen molar-refractivity contribution >= 4 is 11.9 Å². The Bertz CT molecular complexity index is 600. The van der Waals surface area contributed by atoms with E-state index < -0.39 is 12.1 Å². The molecule has 1 aliphatic heterocycles. The number of carboxylic acids is 1. The smallest absolute Gasteiger partial charge is 0.475 e. The van der Waals surface area contributed by atoms with Crippen molar-refractivity contribution in [2.75, 3.05) is 32.8 Å². The van der Waals surface area contributed by atoms with Crippen LogP contribution in [0.15, 0.2) is 0 Å². The molecule has 2 rings (SSSR count). The first kappa shape index (κ1) is 21.8. The van der Waals surface area contributed by atoms with Crippen LogP contribution >= 0.6 is 0 Å². The van der Waals surface area contributed by atoms with Crippen LogP contribution < -0.4 is 5.32 Å². The van der Waals surface area contributed by atoms with Crippen LogP contribution in [0.4, 0.5) is 13.2 Å². The SMILES string of the molecule is Cc1c(C(=O)N2CCNCC2)nnn1CCCCO.O=C(O)C(F)(F)F. The summed E-state index contributed by atoms with van der Waals surface area (Å²) in [5.74, 6) is -2.79. The maximum Gasteiger partial charge on any atom is 0.490 e. The van der Waals surface area contributed by atoms with Crippen molar-refractivity contribution in [2.24, 2.45) is 0 Å². The number of aromatic nitrogens is 3. The molecule has 0 bridgehead atoms. The van der Waals surface area contributed by atoms with Crippen molar-refractivity contribution < 1.29 is 33.0 Å². The summed E-state index contributed by atoms with van der Waals surface area (Å²) in [7, 11) is 0. The first-order valence-corrected chi connectivity index (χ1v) is 7.99. The number of carbonyl (C=O) groups excluding carboxylic acids is 1. The third-order valence-electron chi connectivity index (χ3n) is 3.61. The lowest BCUT2D eigenvalue weighted by atomic mass is 10.2. The molecule has 3 N–H and O–H groups in total. The number of carbonyl (C=O) groups is 2. The van der Waals surface area contributed by atoms with E-state index in [1.54, 1.807) is 4.68 Å². The number of aliphatic carboxylic acids is 1. The molecular weight excluding hydrogens is 359 g/mol. The summed E-state index contributed by atoms with van der Waals surface area (Å²) in [4.78, 5) is 23.0. The van der Waals surface area contributed by atoms with Gasteiger partial charge >= 0.3 is 12.1 Å². The second kappa shape index (κ2) is 10.1. The van der Waals surface area contributed by atoms with Crippen LogP contribution in [0.2, 0.25) is 0 Å². The van der Waals surface area contributed by atoms with Gasteiger partial charge in [-0.25, -0.2) is 9.48 Å². The van der Waals surface area contributed by atoms with E-state index in [0.717, 1.165) is 44.7 Å². The van der Waals surface area contributed by atoms with E-state index in [4.69, 9.17) is 15.0 Å². The van der Waals surface area contributed by atoms with E-state index in [0.29, 0.717) is 12.2 Å². The number of halogens is 3. The minimum absolute atomic E-state index is 0.0348. The Morgan fingerprint density at radius 2 is 1.81 bits per heavy atom. The summed E-state index contributed by atoms with van der Waals surface area (Å²) in [6, 6.07) is 0. The average molecular weight is 381 g/mol. The Labute approximate surface area is 147 Å². The van der Waals surface area contributed by atoms with Crippen molar-refractivity contribution in [1.82, 2.24) is 25.2 Å². The number of nitrogens with one attached hydrogen (secondary N) is 1. The van der Waals surface area contributed by atoms with Gasteiger partial charge in [0.05, 0.1) is 5.69 Å². The maximum absolute atomic E-state index is 12.3. The molecule has 1 aromatic rings. The van der Waals surface area contributed by atoms with E-state index in [2.05, 4.69) is 15.6 Å². The second-order valence-corrected chi connectivity index (χ2v) is 5.52. The van der Waals surface area contributed by atoms with Crippen molar-refractivity contribution in [2.45, 2.75) is 32.5 Å². The molecule has 9 nitrogen and oxygen atoms in total. The molecule has 0 atom stereocenters. The summed E-state index contributed by atoms with van der Waals surface area (Å²) in [5.41, 5.74) is 1.26. The van der Waals surface area contributed by atoms with E-state index in [-0.39, 0.29) is 12.5 Å². The van der Waals surface area contributed by atoms with Crippen LogP contribution in [0.1, 0.15) is 29.0 Å². The number of piperazine rings is 1. The number of aliphatic hydroxyl groups excluding tert-OH is 1. The normalized spacial score (nSPS) is 14.6. The van der Waals surface area contributed by atoms with Gasteiger partial charge in [0.2, 0.25) is 0 Å². The fourth-order valence-corrected chi connectivity index (χ4v) is 2.16. The van der Waals surface area contributed by atoms with Gasteiger partial charge in [0.25, 0.3) is 5.91 Å². The van der Waals surface area contributed by atoms with Gasteiger partial charge in [0, 0.05) is 39.3 Å². The Balaban J connectivity index is 0.000000412. The molecule has 0 unspecified atom stereocenters. The molecule has 1 aliphatic rings. The highest BCUT2D eigenvalue weighted by molar-refractivity contribution is 5.93. The number of aryl methyl sites for hydroxylation is 1. The van der Waals surface area contributed by atoms with Gasteiger partial charge in [0.15, 0.2) is 5.69 Å². The first-order valence-electron chi connectivity index (χ1n) is 7.99. The Morgan fingerprint density at radius 1 is 1.23 bits per heavy atom. The lowest BCUT2D eigenvalue weighted by molar-refractivity contribution is -0.192. The number of carboxylic acid groups (broad SMARTS) is 1. The molecule has 12 heteroatoms. The average Bonchev–Trinajstić information content (AvgIpc) is 2.96. The van der Waals surface area contributed by atoms with Crippen LogP contribution in [0.5, 0.6) is 0 Å². The van der Waals surface area contributed by atoms with Gasteiger partial charge in [-0.15, -0.1) is 5.10 Å². The molecule has 0 aliphatic carbocycles. The maximum atomic E-state index is 12.3. The van der Waals surface area contributed by atoms with Crippen molar-refractivity contribution in [3.63, 3.8) is 0 Å². The van der Waals surface area contributed by atoms with Crippen LogP contribution in [0, 0.1) is 6.92 Å². The molecule has 1 aromatic heterocycles. The monoisotopic (exact) mass is 381 g/mol. The van der Waals surface area contributed by atoms with E-state index >= 15 is 0 Å². The predicted octanol–water partition coefficient (Wildman–Crippen LogP) is 0.0377. The van der Waals surface area contributed by atoms with Gasteiger partial charge in [0.1, 0.15) is 0 Å². The fraction of sp³-hybridized carbons (Fsp3) is 0.714. The number of alkyl halides is 3. The lowest BCUT2D eigenvalue weighted by Crippen LogP contribution is -2.46. The molecule has 0 aromatic carbocycles. The zero-order valence-electron chi connectivity index (χ0n) is 14.3. The zero-order chi connectivity index (χ0) is 19.7. The molecule has 0 radical (unpaired) electrons. The van der Waals surface area contributed by atoms with E-state index in [1.165, 1.54) is 0 Å². The molecule has 148 valence electrons. The predicted molar refractivity (Wildman–Crippen MR) is 83.5 cm³/mol. The van der Waals surface area contributed by atoms with Crippen molar-refractivity contribution in [1.29, 1.82) is 0 Å². The summed E-state index contributed by atoms with van der Waals surface area (Å²) >= 11 is 0.